The van der Waals surface area contributed by atoms with Crippen LogP contribution >= 0.6 is 0 Å². The first-order valence-corrected chi connectivity index (χ1v) is 8.10. The van der Waals surface area contributed by atoms with E-state index in [1.54, 1.807) is 6.07 Å². The van der Waals surface area contributed by atoms with E-state index in [9.17, 15) is 4.39 Å². The second kappa shape index (κ2) is 9.12. The summed E-state index contributed by atoms with van der Waals surface area (Å²) in [6, 6.07) is 3.91. The van der Waals surface area contributed by atoms with E-state index in [-0.39, 0.29) is 11.9 Å². The van der Waals surface area contributed by atoms with Crippen LogP contribution < -0.4 is 5.32 Å². The van der Waals surface area contributed by atoms with Gasteiger partial charge >= 0.3 is 0 Å². The topological polar surface area (TPSA) is 12.0 Å². The normalized spacial score (nSPS) is 12.7. The summed E-state index contributed by atoms with van der Waals surface area (Å²) in [6.07, 6.45) is 7.04. The highest BCUT2D eigenvalue weighted by atomic mass is 19.1. The van der Waals surface area contributed by atoms with E-state index in [1.165, 1.54) is 25.7 Å². The number of benzene rings is 1. The van der Waals surface area contributed by atoms with Gasteiger partial charge in [-0.25, -0.2) is 4.39 Å². The lowest BCUT2D eigenvalue weighted by atomic mass is 9.94. The van der Waals surface area contributed by atoms with Crippen molar-refractivity contribution in [2.45, 2.75) is 72.3 Å². The van der Waals surface area contributed by atoms with Crippen LogP contribution in [0.2, 0.25) is 0 Å². The molecule has 0 aromatic heterocycles. The summed E-state index contributed by atoms with van der Waals surface area (Å²) in [4.78, 5) is 0. The van der Waals surface area contributed by atoms with Crippen LogP contribution in [-0.2, 0) is 0 Å². The minimum Gasteiger partial charge on any atom is -0.310 e. The summed E-state index contributed by atoms with van der Waals surface area (Å²) in [5.41, 5.74) is 2.95. The summed E-state index contributed by atoms with van der Waals surface area (Å²) >= 11 is 0. The highest BCUT2D eigenvalue weighted by molar-refractivity contribution is 5.34. The van der Waals surface area contributed by atoms with Crippen molar-refractivity contribution in [1.82, 2.24) is 5.32 Å². The lowest BCUT2D eigenvalue weighted by molar-refractivity contribution is 0.449. The van der Waals surface area contributed by atoms with Crippen molar-refractivity contribution in [3.8, 4) is 0 Å². The first-order chi connectivity index (χ1) is 9.60. The fourth-order valence-corrected chi connectivity index (χ4v) is 2.81. The molecule has 1 unspecified atom stereocenters. The molecule has 1 aromatic carbocycles. The Morgan fingerprint density at radius 2 is 1.80 bits per heavy atom. The van der Waals surface area contributed by atoms with Crippen LogP contribution in [0, 0.1) is 19.7 Å². The molecule has 1 N–H and O–H groups in total. The molecule has 0 spiro atoms. The van der Waals surface area contributed by atoms with Crippen molar-refractivity contribution in [2.24, 2.45) is 0 Å². The third kappa shape index (κ3) is 5.24. The molecule has 2 heteroatoms. The molecule has 0 heterocycles. The van der Waals surface area contributed by atoms with E-state index in [1.807, 2.05) is 13.8 Å². The molecule has 0 aliphatic heterocycles. The minimum absolute atomic E-state index is 0.0494. The van der Waals surface area contributed by atoms with Gasteiger partial charge in [0.1, 0.15) is 5.82 Å². The molecule has 0 aliphatic rings. The Labute approximate surface area is 124 Å². The Hall–Kier alpha value is -0.890. The second-order valence-corrected chi connectivity index (χ2v) is 5.83. The molecule has 1 atom stereocenters. The molecular weight excluding hydrogens is 249 g/mol. The third-order valence-electron chi connectivity index (χ3n) is 3.82. The largest absolute Gasteiger partial charge is 0.310 e. The van der Waals surface area contributed by atoms with Gasteiger partial charge in [-0.2, -0.15) is 0 Å². The van der Waals surface area contributed by atoms with Crippen molar-refractivity contribution in [1.29, 1.82) is 0 Å². The molecule has 114 valence electrons. The average molecular weight is 279 g/mol. The first-order valence-electron chi connectivity index (χ1n) is 8.10. The predicted molar refractivity (Wildman–Crippen MR) is 85.7 cm³/mol. The zero-order valence-corrected chi connectivity index (χ0v) is 13.6. The maximum Gasteiger partial charge on any atom is 0.128 e. The number of nitrogens with one attached hydrogen (secondary N) is 1. The quantitative estimate of drug-likeness (QED) is 0.592. The van der Waals surface area contributed by atoms with E-state index in [4.69, 9.17) is 0 Å². The maximum absolute atomic E-state index is 14.3. The number of rotatable bonds is 9. The summed E-state index contributed by atoms with van der Waals surface area (Å²) in [5.74, 6) is -0.0494. The molecule has 0 radical (unpaired) electrons. The molecule has 0 saturated carbocycles. The van der Waals surface area contributed by atoms with Crippen LogP contribution in [0.4, 0.5) is 4.39 Å². The van der Waals surface area contributed by atoms with Crippen LogP contribution in [0.3, 0.4) is 0 Å². The Morgan fingerprint density at radius 1 is 1.05 bits per heavy atom. The van der Waals surface area contributed by atoms with Crippen LogP contribution in [0.1, 0.15) is 75.1 Å². The highest BCUT2D eigenvalue weighted by Gasteiger charge is 2.17. The zero-order valence-electron chi connectivity index (χ0n) is 13.6. The Bertz CT molecular complexity index is 377. The van der Waals surface area contributed by atoms with Crippen molar-refractivity contribution >= 4 is 0 Å². The van der Waals surface area contributed by atoms with E-state index >= 15 is 0 Å². The molecule has 1 aromatic rings. The average Bonchev–Trinajstić information content (AvgIpc) is 2.38. The number of halogens is 1. The minimum atomic E-state index is -0.0494. The van der Waals surface area contributed by atoms with Crippen molar-refractivity contribution < 1.29 is 4.39 Å². The number of unbranched alkanes of at least 4 members (excludes halogenated alkanes) is 3. The van der Waals surface area contributed by atoms with Crippen LogP contribution in [0.15, 0.2) is 12.1 Å². The lowest BCUT2D eigenvalue weighted by Gasteiger charge is -2.22. The van der Waals surface area contributed by atoms with Gasteiger partial charge in [-0.05, 0) is 50.4 Å². The van der Waals surface area contributed by atoms with Gasteiger partial charge in [0.25, 0.3) is 0 Å². The summed E-state index contributed by atoms with van der Waals surface area (Å²) in [7, 11) is 0. The molecule has 1 rings (SSSR count). The van der Waals surface area contributed by atoms with Crippen LogP contribution in [0.25, 0.3) is 0 Å². The van der Waals surface area contributed by atoms with E-state index < -0.39 is 0 Å². The fraction of sp³-hybridized carbons (Fsp3) is 0.667. The molecule has 0 amide bonds. The number of hydrogen-bond acceptors (Lipinski definition) is 1. The van der Waals surface area contributed by atoms with Gasteiger partial charge in [0.2, 0.25) is 0 Å². The molecular formula is C18H30FN. The molecule has 0 saturated heterocycles. The van der Waals surface area contributed by atoms with Gasteiger partial charge in [-0.3, -0.25) is 0 Å². The standard InChI is InChI=1S/C18H30FN/c1-5-7-8-9-10-17(20-11-6-2)18-15(4)12-14(3)13-16(18)19/h12-13,17,20H,5-11H2,1-4H3. The van der Waals surface area contributed by atoms with Gasteiger partial charge in [0.05, 0.1) is 0 Å². The summed E-state index contributed by atoms with van der Waals surface area (Å²) in [5, 5.41) is 3.52. The summed E-state index contributed by atoms with van der Waals surface area (Å²) < 4.78 is 14.3. The van der Waals surface area contributed by atoms with Crippen molar-refractivity contribution in [2.75, 3.05) is 6.54 Å². The fourth-order valence-electron chi connectivity index (χ4n) is 2.81. The molecule has 0 bridgehead atoms. The predicted octanol–water partition coefficient (Wildman–Crippen LogP) is 5.45. The zero-order chi connectivity index (χ0) is 15.0. The number of aryl methyl sites for hydroxylation is 2. The van der Waals surface area contributed by atoms with Gasteiger partial charge < -0.3 is 5.32 Å². The lowest BCUT2D eigenvalue weighted by Crippen LogP contribution is -2.24. The van der Waals surface area contributed by atoms with Crippen molar-refractivity contribution in [3.05, 3.63) is 34.6 Å². The Morgan fingerprint density at radius 3 is 2.40 bits per heavy atom. The van der Waals surface area contributed by atoms with Gasteiger partial charge in [-0.1, -0.05) is 45.6 Å². The Balaban J connectivity index is 2.81. The third-order valence-corrected chi connectivity index (χ3v) is 3.82. The van der Waals surface area contributed by atoms with E-state index in [0.717, 1.165) is 36.1 Å². The molecule has 20 heavy (non-hydrogen) atoms. The smallest absolute Gasteiger partial charge is 0.128 e. The van der Waals surface area contributed by atoms with Gasteiger partial charge in [-0.15, -0.1) is 0 Å². The second-order valence-electron chi connectivity index (χ2n) is 5.83. The highest BCUT2D eigenvalue weighted by Crippen LogP contribution is 2.27. The SMILES string of the molecule is CCCCCCC(NCCC)c1c(C)cc(C)cc1F. The van der Waals surface area contributed by atoms with Gasteiger partial charge in [0, 0.05) is 11.6 Å². The molecule has 0 fully saturated rings. The molecule has 0 aliphatic carbocycles. The Kier molecular flexibility index (Phi) is 7.83. The monoisotopic (exact) mass is 279 g/mol. The maximum atomic E-state index is 14.3. The van der Waals surface area contributed by atoms with Crippen LogP contribution in [0.5, 0.6) is 0 Å². The number of hydrogen-bond donors (Lipinski definition) is 1. The van der Waals surface area contributed by atoms with Crippen LogP contribution in [-0.4, -0.2) is 6.54 Å². The molecule has 1 nitrogen and oxygen atoms in total. The summed E-state index contributed by atoms with van der Waals surface area (Å²) in [6.45, 7) is 9.30. The van der Waals surface area contributed by atoms with Crippen molar-refractivity contribution in [3.63, 3.8) is 0 Å². The first kappa shape index (κ1) is 17.2. The van der Waals surface area contributed by atoms with E-state index in [0.29, 0.717) is 0 Å². The van der Waals surface area contributed by atoms with E-state index in [2.05, 4.69) is 25.2 Å². The van der Waals surface area contributed by atoms with Gasteiger partial charge in [0.15, 0.2) is 0 Å².